The van der Waals surface area contributed by atoms with Crippen LogP contribution in [0.1, 0.15) is 18.1 Å². The van der Waals surface area contributed by atoms with Gasteiger partial charge in [0.25, 0.3) is 0 Å². The van der Waals surface area contributed by atoms with Crippen LogP contribution in [0.2, 0.25) is 0 Å². The Labute approximate surface area is 137 Å². The third kappa shape index (κ3) is 4.62. The second-order valence-corrected chi connectivity index (χ2v) is 7.87. The molecule has 0 radical (unpaired) electrons. The first-order valence-corrected chi connectivity index (χ1v) is 9.74. The zero-order valence-corrected chi connectivity index (χ0v) is 14.8. The van der Waals surface area contributed by atoms with Crippen molar-refractivity contribution in [2.75, 3.05) is 6.54 Å². The smallest absolute Gasteiger partial charge is 0.241 e. The highest BCUT2D eigenvalue weighted by atomic mass is 79.9. The molecule has 0 aliphatic carbocycles. The maximum Gasteiger partial charge on any atom is 0.241 e. The van der Waals surface area contributed by atoms with Crippen molar-refractivity contribution in [1.82, 2.24) is 10.0 Å². The molecule has 0 fully saturated rings. The van der Waals surface area contributed by atoms with Gasteiger partial charge in [-0.05, 0) is 62.6 Å². The lowest BCUT2D eigenvalue weighted by Crippen LogP contribution is -2.23. The van der Waals surface area contributed by atoms with Gasteiger partial charge < -0.3 is 5.32 Å². The number of benzene rings is 1. The molecule has 2 N–H and O–H groups in total. The molecule has 114 valence electrons. The average Bonchev–Trinajstić information content (AvgIpc) is 2.96. The van der Waals surface area contributed by atoms with Gasteiger partial charge in [-0.3, -0.25) is 0 Å². The molecule has 1 aromatic heterocycles. The van der Waals surface area contributed by atoms with Crippen LogP contribution in [0.4, 0.5) is 0 Å². The van der Waals surface area contributed by atoms with E-state index < -0.39 is 10.0 Å². The Hall–Kier alpha value is -0.730. The van der Waals surface area contributed by atoms with Gasteiger partial charge in [0.15, 0.2) is 0 Å². The minimum absolute atomic E-state index is 0.262. The molecule has 1 heterocycles. The Morgan fingerprint density at radius 1 is 1.19 bits per heavy atom. The van der Waals surface area contributed by atoms with Crippen molar-refractivity contribution in [2.45, 2.75) is 24.9 Å². The van der Waals surface area contributed by atoms with Crippen molar-refractivity contribution < 1.29 is 8.42 Å². The second-order valence-electron chi connectivity index (χ2n) is 4.50. The molecule has 7 heteroatoms. The fourth-order valence-corrected chi connectivity index (χ4v) is 4.60. The number of hydrogen-bond acceptors (Lipinski definition) is 4. The second kappa shape index (κ2) is 7.51. The first-order chi connectivity index (χ1) is 10.0. The molecule has 0 atom stereocenters. The number of halogens is 1. The van der Waals surface area contributed by atoms with Crippen LogP contribution in [-0.4, -0.2) is 15.0 Å². The van der Waals surface area contributed by atoms with E-state index in [1.165, 1.54) is 0 Å². The number of hydrogen-bond donors (Lipinski definition) is 2. The van der Waals surface area contributed by atoms with Crippen LogP contribution in [0, 0.1) is 0 Å². The van der Waals surface area contributed by atoms with Crippen molar-refractivity contribution in [3.05, 3.63) is 50.6 Å². The Bertz CT molecular complexity index is 685. The summed E-state index contributed by atoms with van der Waals surface area (Å²) in [4.78, 5) is 0.262. The molecule has 4 nitrogen and oxygen atoms in total. The SMILES string of the molecule is CCNCc1ccc(S(=O)(=O)NCc2ccsc2)c(Br)c1. The van der Waals surface area contributed by atoms with Crippen LogP contribution in [-0.2, 0) is 23.1 Å². The summed E-state index contributed by atoms with van der Waals surface area (Å²) in [5.41, 5.74) is 2.00. The summed E-state index contributed by atoms with van der Waals surface area (Å²) < 4.78 is 27.8. The van der Waals surface area contributed by atoms with E-state index >= 15 is 0 Å². The predicted molar refractivity (Wildman–Crippen MR) is 89.9 cm³/mol. The summed E-state index contributed by atoms with van der Waals surface area (Å²) in [6.45, 7) is 3.93. The van der Waals surface area contributed by atoms with E-state index in [1.54, 1.807) is 17.4 Å². The number of thiophene rings is 1. The average molecular weight is 389 g/mol. The third-order valence-electron chi connectivity index (χ3n) is 2.91. The molecular weight excluding hydrogens is 372 g/mol. The molecular formula is C14H17BrN2O2S2. The molecule has 2 rings (SSSR count). The fourth-order valence-electron chi connectivity index (χ4n) is 1.79. The van der Waals surface area contributed by atoms with Crippen molar-refractivity contribution in [2.24, 2.45) is 0 Å². The fraction of sp³-hybridized carbons (Fsp3) is 0.286. The summed E-state index contributed by atoms with van der Waals surface area (Å²) in [5, 5.41) is 7.06. The molecule has 0 saturated carbocycles. The van der Waals surface area contributed by atoms with E-state index in [0.29, 0.717) is 11.0 Å². The highest BCUT2D eigenvalue weighted by Gasteiger charge is 2.17. The van der Waals surface area contributed by atoms with Crippen LogP contribution in [0.25, 0.3) is 0 Å². The molecule has 0 bridgehead atoms. The summed E-state index contributed by atoms with van der Waals surface area (Å²) in [6.07, 6.45) is 0. The molecule has 0 amide bonds. The molecule has 0 spiro atoms. The van der Waals surface area contributed by atoms with Crippen molar-refractivity contribution in [3.8, 4) is 0 Å². The van der Waals surface area contributed by atoms with E-state index in [2.05, 4.69) is 26.0 Å². The molecule has 0 aliphatic heterocycles. The van der Waals surface area contributed by atoms with Gasteiger partial charge >= 0.3 is 0 Å². The summed E-state index contributed by atoms with van der Waals surface area (Å²) in [7, 11) is -3.52. The maximum absolute atomic E-state index is 12.3. The highest BCUT2D eigenvalue weighted by molar-refractivity contribution is 9.10. The number of rotatable bonds is 7. The minimum atomic E-state index is -3.52. The van der Waals surface area contributed by atoms with Crippen LogP contribution < -0.4 is 10.0 Å². The van der Waals surface area contributed by atoms with Crippen LogP contribution in [0.5, 0.6) is 0 Å². The Morgan fingerprint density at radius 2 is 2.00 bits per heavy atom. The molecule has 0 unspecified atom stereocenters. The summed E-state index contributed by atoms with van der Waals surface area (Å²) in [5.74, 6) is 0. The minimum Gasteiger partial charge on any atom is -0.313 e. The predicted octanol–water partition coefficient (Wildman–Crippen LogP) is 3.10. The van der Waals surface area contributed by atoms with E-state index in [0.717, 1.165) is 24.2 Å². The largest absolute Gasteiger partial charge is 0.313 e. The van der Waals surface area contributed by atoms with Gasteiger partial charge in [-0.1, -0.05) is 13.0 Å². The summed E-state index contributed by atoms with van der Waals surface area (Å²) in [6, 6.07) is 7.20. The van der Waals surface area contributed by atoms with Gasteiger partial charge in [0.2, 0.25) is 10.0 Å². The Morgan fingerprint density at radius 3 is 2.62 bits per heavy atom. The lowest BCUT2D eigenvalue weighted by molar-refractivity contribution is 0.581. The normalized spacial score (nSPS) is 11.7. The molecule has 21 heavy (non-hydrogen) atoms. The maximum atomic E-state index is 12.3. The van der Waals surface area contributed by atoms with Crippen molar-refractivity contribution >= 4 is 37.3 Å². The van der Waals surface area contributed by atoms with Gasteiger partial charge in [0, 0.05) is 17.6 Å². The molecule has 0 saturated heterocycles. The topological polar surface area (TPSA) is 58.2 Å². The van der Waals surface area contributed by atoms with Crippen LogP contribution in [0.3, 0.4) is 0 Å². The number of nitrogens with one attached hydrogen (secondary N) is 2. The van der Waals surface area contributed by atoms with Crippen molar-refractivity contribution in [1.29, 1.82) is 0 Å². The number of sulfonamides is 1. The third-order valence-corrected chi connectivity index (χ3v) is 6.02. The molecule has 1 aromatic carbocycles. The van der Waals surface area contributed by atoms with Gasteiger partial charge in [0.1, 0.15) is 0 Å². The van der Waals surface area contributed by atoms with E-state index in [-0.39, 0.29) is 4.90 Å². The standard InChI is InChI=1S/C14H17BrN2O2S2/c1-2-16-8-11-3-4-14(13(15)7-11)21(18,19)17-9-12-5-6-20-10-12/h3-7,10,16-17H,2,8-9H2,1H3. The summed E-state index contributed by atoms with van der Waals surface area (Å²) >= 11 is 4.90. The van der Waals surface area contributed by atoms with E-state index in [4.69, 9.17) is 0 Å². The van der Waals surface area contributed by atoms with Gasteiger partial charge in [-0.25, -0.2) is 13.1 Å². The lowest BCUT2D eigenvalue weighted by atomic mass is 10.2. The van der Waals surface area contributed by atoms with Crippen LogP contribution >= 0.6 is 27.3 Å². The van der Waals surface area contributed by atoms with Gasteiger partial charge in [0.05, 0.1) is 4.90 Å². The van der Waals surface area contributed by atoms with Gasteiger partial charge in [-0.2, -0.15) is 11.3 Å². The van der Waals surface area contributed by atoms with E-state index in [1.807, 2.05) is 35.9 Å². The lowest BCUT2D eigenvalue weighted by Gasteiger charge is -2.10. The monoisotopic (exact) mass is 388 g/mol. The van der Waals surface area contributed by atoms with Gasteiger partial charge in [-0.15, -0.1) is 0 Å². The first kappa shape index (κ1) is 16.6. The zero-order valence-electron chi connectivity index (χ0n) is 11.6. The van der Waals surface area contributed by atoms with E-state index in [9.17, 15) is 8.42 Å². The molecule has 0 aliphatic rings. The first-order valence-electron chi connectivity index (χ1n) is 6.53. The quantitative estimate of drug-likeness (QED) is 0.765. The Kier molecular flexibility index (Phi) is 5.95. The van der Waals surface area contributed by atoms with Crippen molar-refractivity contribution in [3.63, 3.8) is 0 Å². The molecule has 2 aromatic rings. The Balaban J connectivity index is 2.12. The van der Waals surface area contributed by atoms with Crippen LogP contribution in [0.15, 0.2) is 44.4 Å². The highest BCUT2D eigenvalue weighted by Crippen LogP contribution is 2.23. The zero-order chi connectivity index (χ0) is 15.3.